The number of methoxy groups -OCH3 is 1. The first-order valence-electron chi connectivity index (χ1n) is 12.9. The number of fused-ring (bicyclic) bond motifs is 1. The molecule has 208 valence electrons. The Morgan fingerprint density at radius 1 is 0.902 bits per heavy atom. The number of nitrogens with one attached hydrogen (secondary N) is 1. The zero-order valence-corrected chi connectivity index (χ0v) is 24.1. The molecule has 0 spiro atoms. The highest BCUT2D eigenvalue weighted by Gasteiger charge is 2.20. The molecule has 7 nitrogen and oxygen atoms in total. The number of carbonyl (C=O) groups is 2. The number of benzene rings is 4. The Balaban J connectivity index is 1.56. The van der Waals surface area contributed by atoms with Crippen molar-refractivity contribution < 1.29 is 19.4 Å². The summed E-state index contributed by atoms with van der Waals surface area (Å²) in [6.45, 7) is 3.44. The number of hydrogen-bond acceptors (Lipinski definition) is 4. The lowest BCUT2D eigenvalue weighted by atomic mass is 10.0. The van der Waals surface area contributed by atoms with Gasteiger partial charge in [0.25, 0.3) is 5.91 Å². The summed E-state index contributed by atoms with van der Waals surface area (Å²) in [5.41, 5.74) is 4.50. The van der Waals surface area contributed by atoms with E-state index in [0.717, 1.165) is 38.9 Å². The Labute approximate surface area is 247 Å². The van der Waals surface area contributed by atoms with Gasteiger partial charge >= 0.3 is 5.97 Å². The number of amides is 1. The first-order chi connectivity index (χ1) is 19.6. The van der Waals surface area contributed by atoms with Gasteiger partial charge in [0.2, 0.25) is 0 Å². The Morgan fingerprint density at radius 3 is 2.32 bits per heavy atom. The van der Waals surface area contributed by atoms with Gasteiger partial charge in [-0.05, 0) is 84.8 Å². The molecule has 1 heterocycles. The predicted octanol–water partition coefficient (Wildman–Crippen LogP) is 7.50. The van der Waals surface area contributed by atoms with Crippen LogP contribution in [0.2, 0.25) is 10.0 Å². The van der Waals surface area contributed by atoms with Crippen molar-refractivity contribution in [3.8, 4) is 28.3 Å². The maximum absolute atomic E-state index is 12.5. The number of hydrogen-bond donors (Lipinski definition) is 2. The Morgan fingerprint density at radius 2 is 1.61 bits per heavy atom. The molecule has 4 aromatic carbocycles. The van der Waals surface area contributed by atoms with Crippen LogP contribution in [0.4, 0.5) is 0 Å². The molecule has 2 N–H and O–H groups in total. The second-order valence-corrected chi connectivity index (χ2v) is 10.6. The van der Waals surface area contributed by atoms with Gasteiger partial charge in [-0.25, -0.2) is 0 Å². The molecule has 1 aromatic heterocycles. The first kappa shape index (κ1) is 28.2. The quantitative estimate of drug-likeness (QED) is 0.196. The summed E-state index contributed by atoms with van der Waals surface area (Å²) in [7, 11) is 1.65. The fourth-order valence-electron chi connectivity index (χ4n) is 4.64. The summed E-state index contributed by atoms with van der Waals surface area (Å²) in [6.07, 6.45) is 0. The summed E-state index contributed by atoms with van der Waals surface area (Å²) in [6, 6.07) is 25.2. The van der Waals surface area contributed by atoms with E-state index in [2.05, 4.69) is 11.4 Å². The van der Waals surface area contributed by atoms with Crippen molar-refractivity contribution >= 4 is 45.9 Å². The highest BCUT2D eigenvalue weighted by Crippen LogP contribution is 2.36. The van der Waals surface area contributed by atoms with Gasteiger partial charge in [0.1, 0.15) is 11.8 Å². The van der Waals surface area contributed by atoms with Crippen molar-refractivity contribution in [3.63, 3.8) is 0 Å². The van der Waals surface area contributed by atoms with Gasteiger partial charge in [0.05, 0.1) is 29.6 Å². The minimum Gasteiger partial charge on any atom is -0.497 e. The third kappa shape index (κ3) is 5.92. The smallest absolute Gasteiger partial charge is 0.325 e. The Kier molecular flexibility index (Phi) is 8.01. The minimum absolute atomic E-state index is 0.224. The molecule has 1 amide bonds. The highest BCUT2D eigenvalue weighted by atomic mass is 35.5. The standard InChI is InChI=1S/C32H27Cl2N3O4/c1-18(32(39)40)35-31(38)21-6-4-20(5-7-21)19(2)37-30(17-29(36-37)27-16-25(33)11-13-28(27)34)24-9-8-23-15-26(41-3)12-10-22(23)14-24/h4-19H,1-3H3,(H,35,38)(H,39,40)/t18-,19?/m1/s1. The lowest BCUT2D eigenvalue weighted by Crippen LogP contribution is -2.38. The van der Waals surface area contributed by atoms with Crippen molar-refractivity contribution in [2.75, 3.05) is 7.11 Å². The molecule has 0 aliphatic heterocycles. The number of carbonyl (C=O) groups excluding carboxylic acids is 1. The van der Waals surface area contributed by atoms with Gasteiger partial charge in [-0.3, -0.25) is 14.3 Å². The number of ether oxygens (including phenoxy) is 1. The van der Waals surface area contributed by atoms with Gasteiger partial charge in [0, 0.05) is 21.7 Å². The summed E-state index contributed by atoms with van der Waals surface area (Å²) in [5, 5.41) is 19.7. The van der Waals surface area contributed by atoms with Gasteiger partial charge in [-0.15, -0.1) is 0 Å². The molecule has 0 radical (unpaired) electrons. The Bertz CT molecular complexity index is 1770. The molecule has 2 atom stereocenters. The van der Waals surface area contributed by atoms with E-state index in [-0.39, 0.29) is 6.04 Å². The lowest BCUT2D eigenvalue weighted by molar-refractivity contribution is -0.138. The molecule has 5 rings (SSSR count). The van der Waals surface area contributed by atoms with Crippen molar-refractivity contribution in [1.82, 2.24) is 15.1 Å². The Hall–Kier alpha value is -4.33. The summed E-state index contributed by atoms with van der Waals surface area (Å²) in [5.74, 6) is -0.765. The van der Waals surface area contributed by atoms with Crippen LogP contribution >= 0.6 is 23.2 Å². The van der Waals surface area contributed by atoms with E-state index in [1.165, 1.54) is 6.92 Å². The van der Waals surface area contributed by atoms with Crippen LogP contribution in [0.1, 0.15) is 35.8 Å². The minimum atomic E-state index is -1.10. The molecule has 0 saturated carbocycles. The van der Waals surface area contributed by atoms with E-state index in [4.69, 9.17) is 38.1 Å². The van der Waals surface area contributed by atoms with Crippen LogP contribution in [0.25, 0.3) is 33.3 Å². The first-order valence-corrected chi connectivity index (χ1v) is 13.7. The SMILES string of the molecule is COc1ccc2cc(-c3cc(-c4cc(Cl)ccc4Cl)nn3C(C)c3ccc(C(=O)N[C@H](C)C(=O)O)cc3)ccc2c1. The largest absolute Gasteiger partial charge is 0.497 e. The van der Waals surface area contributed by atoms with Crippen LogP contribution in [0, 0.1) is 0 Å². The summed E-state index contributed by atoms with van der Waals surface area (Å²) >= 11 is 12.8. The molecule has 1 unspecified atom stereocenters. The average Bonchev–Trinajstić information content (AvgIpc) is 3.42. The second kappa shape index (κ2) is 11.6. The molecule has 0 saturated heterocycles. The van der Waals surface area contributed by atoms with Gasteiger partial charge in [-0.2, -0.15) is 5.10 Å². The van der Waals surface area contributed by atoms with Crippen LogP contribution in [0.5, 0.6) is 5.75 Å². The molecule has 9 heteroatoms. The maximum Gasteiger partial charge on any atom is 0.325 e. The summed E-state index contributed by atoms with van der Waals surface area (Å²) in [4.78, 5) is 23.6. The number of aromatic nitrogens is 2. The van der Waals surface area contributed by atoms with Crippen LogP contribution < -0.4 is 10.1 Å². The van der Waals surface area contributed by atoms with Gasteiger partial charge in [-0.1, -0.05) is 53.5 Å². The molecule has 5 aromatic rings. The molecule has 0 aliphatic rings. The van der Waals surface area contributed by atoms with Crippen LogP contribution in [0.3, 0.4) is 0 Å². The second-order valence-electron chi connectivity index (χ2n) is 9.74. The highest BCUT2D eigenvalue weighted by molar-refractivity contribution is 6.35. The van der Waals surface area contributed by atoms with E-state index < -0.39 is 17.9 Å². The van der Waals surface area contributed by atoms with Crippen molar-refractivity contribution in [2.45, 2.75) is 25.9 Å². The van der Waals surface area contributed by atoms with E-state index >= 15 is 0 Å². The fourth-order valence-corrected chi connectivity index (χ4v) is 5.02. The molecular weight excluding hydrogens is 561 g/mol. The lowest BCUT2D eigenvalue weighted by Gasteiger charge is -2.17. The molecule has 0 fully saturated rings. The number of rotatable bonds is 8. The zero-order valence-electron chi connectivity index (χ0n) is 22.6. The van der Waals surface area contributed by atoms with Crippen molar-refractivity contribution in [2.24, 2.45) is 0 Å². The zero-order chi connectivity index (χ0) is 29.3. The molecule has 0 bridgehead atoms. The third-order valence-electron chi connectivity index (χ3n) is 7.02. The topological polar surface area (TPSA) is 93.5 Å². The van der Waals surface area contributed by atoms with Crippen LogP contribution in [-0.4, -0.2) is 39.9 Å². The number of halogens is 2. The molecular formula is C32H27Cl2N3O4. The van der Waals surface area contributed by atoms with Gasteiger partial charge in [0.15, 0.2) is 0 Å². The third-order valence-corrected chi connectivity index (χ3v) is 7.59. The molecule has 0 aliphatic carbocycles. The number of carboxylic acid groups (broad SMARTS) is 1. The maximum atomic E-state index is 12.5. The van der Waals surface area contributed by atoms with E-state index in [1.54, 1.807) is 37.4 Å². The monoisotopic (exact) mass is 587 g/mol. The average molecular weight is 588 g/mol. The normalized spacial score (nSPS) is 12.6. The fraction of sp³-hybridized carbons (Fsp3) is 0.156. The van der Waals surface area contributed by atoms with E-state index in [1.807, 2.05) is 60.1 Å². The number of carboxylic acids is 1. The number of aliphatic carboxylic acids is 1. The van der Waals surface area contributed by atoms with E-state index in [9.17, 15) is 9.59 Å². The van der Waals surface area contributed by atoms with E-state index in [0.29, 0.717) is 21.3 Å². The van der Waals surface area contributed by atoms with Crippen molar-refractivity contribution in [1.29, 1.82) is 0 Å². The van der Waals surface area contributed by atoms with Crippen molar-refractivity contribution in [3.05, 3.63) is 106 Å². The van der Waals surface area contributed by atoms with Crippen LogP contribution in [-0.2, 0) is 4.79 Å². The molecule has 41 heavy (non-hydrogen) atoms. The number of nitrogens with zero attached hydrogens (tertiary/aromatic N) is 2. The van der Waals surface area contributed by atoms with Gasteiger partial charge < -0.3 is 15.2 Å². The summed E-state index contributed by atoms with van der Waals surface area (Å²) < 4.78 is 7.30. The predicted molar refractivity (Wildman–Crippen MR) is 162 cm³/mol. The van der Waals surface area contributed by atoms with Crippen LogP contribution in [0.15, 0.2) is 84.9 Å².